The molecule has 4 heteroatoms. The average Bonchev–Trinajstić information content (AvgIpc) is 2.85. The van der Waals surface area contributed by atoms with Crippen LogP contribution in [0, 0.1) is 0 Å². The Bertz CT molecular complexity index is 333. The Labute approximate surface area is 79.9 Å². The first kappa shape index (κ1) is 8.53. The molecule has 13 heavy (non-hydrogen) atoms. The summed E-state index contributed by atoms with van der Waals surface area (Å²) in [5.74, 6) is -0.917. The van der Waals surface area contributed by atoms with Crippen molar-refractivity contribution in [2.45, 2.75) is 12.2 Å². The highest BCUT2D eigenvalue weighted by molar-refractivity contribution is 6.30. The van der Waals surface area contributed by atoms with Gasteiger partial charge in [-0.25, -0.2) is 4.79 Å². The second-order valence-electron chi connectivity index (χ2n) is 2.87. The minimum atomic E-state index is -0.917. The average molecular weight is 199 g/mol. The molecule has 0 saturated carbocycles. The van der Waals surface area contributed by atoms with E-state index in [4.69, 9.17) is 21.4 Å². The number of ether oxygens (including phenoxy) is 1. The van der Waals surface area contributed by atoms with Gasteiger partial charge in [0.05, 0.1) is 0 Å². The SMILES string of the molecule is O=C(O)C1OC1c1ccc(Cl)cc1. The molecule has 0 aliphatic carbocycles. The van der Waals surface area contributed by atoms with E-state index in [0.717, 1.165) is 5.56 Å². The standard InChI is InChI=1S/C9H7ClO3/c10-6-3-1-5(2-4-6)7-8(13-7)9(11)12/h1-4,7-8H,(H,11,12). The van der Waals surface area contributed by atoms with Gasteiger partial charge in [0.25, 0.3) is 0 Å². The van der Waals surface area contributed by atoms with E-state index in [9.17, 15) is 4.79 Å². The lowest BCUT2D eigenvalue weighted by atomic mass is 10.1. The summed E-state index contributed by atoms with van der Waals surface area (Å²) in [5.41, 5.74) is 0.858. The topological polar surface area (TPSA) is 49.8 Å². The normalized spacial score (nSPS) is 25.6. The first-order valence-electron chi connectivity index (χ1n) is 3.82. The molecule has 3 nitrogen and oxygen atoms in total. The molecule has 1 heterocycles. The van der Waals surface area contributed by atoms with Crippen LogP contribution in [0.5, 0.6) is 0 Å². The van der Waals surface area contributed by atoms with Gasteiger partial charge in [-0.3, -0.25) is 0 Å². The maximum Gasteiger partial charge on any atom is 0.335 e. The van der Waals surface area contributed by atoms with E-state index < -0.39 is 12.1 Å². The van der Waals surface area contributed by atoms with Gasteiger partial charge in [-0.15, -0.1) is 0 Å². The van der Waals surface area contributed by atoms with E-state index in [0.29, 0.717) is 5.02 Å². The zero-order chi connectivity index (χ0) is 9.42. The lowest BCUT2D eigenvalue weighted by Gasteiger charge is -1.94. The van der Waals surface area contributed by atoms with E-state index in [2.05, 4.69) is 0 Å². The molecule has 2 rings (SSSR count). The largest absolute Gasteiger partial charge is 0.479 e. The number of aliphatic carboxylic acids is 1. The van der Waals surface area contributed by atoms with Crippen LogP contribution < -0.4 is 0 Å². The predicted molar refractivity (Wildman–Crippen MR) is 46.7 cm³/mol. The summed E-state index contributed by atoms with van der Waals surface area (Å²) in [6.07, 6.45) is -0.976. The fourth-order valence-corrected chi connectivity index (χ4v) is 1.33. The summed E-state index contributed by atoms with van der Waals surface area (Å²) in [5, 5.41) is 9.22. The molecule has 0 bridgehead atoms. The lowest BCUT2D eigenvalue weighted by Crippen LogP contribution is -2.04. The Morgan fingerprint density at radius 2 is 2.00 bits per heavy atom. The predicted octanol–water partition coefficient (Wildman–Crippen LogP) is 1.86. The van der Waals surface area contributed by atoms with Gasteiger partial charge >= 0.3 is 5.97 Å². The van der Waals surface area contributed by atoms with Gasteiger partial charge in [0.1, 0.15) is 6.10 Å². The molecule has 0 amide bonds. The molecule has 1 saturated heterocycles. The lowest BCUT2D eigenvalue weighted by molar-refractivity contribution is -0.138. The van der Waals surface area contributed by atoms with Crippen LogP contribution in [0.3, 0.4) is 0 Å². The minimum absolute atomic E-state index is 0.297. The molecule has 0 radical (unpaired) electrons. The number of hydrogen-bond acceptors (Lipinski definition) is 2. The van der Waals surface area contributed by atoms with Crippen molar-refractivity contribution in [2.24, 2.45) is 0 Å². The zero-order valence-electron chi connectivity index (χ0n) is 6.61. The van der Waals surface area contributed by atoms with Crippen LogP contribution in [0.4, 0.5) is 0 Å². The molecule has 1 aromatic rings. The summed E-state index contributed by atoms with van der Waals surface area (Å²) >= 11 is 5.68. The zero-order valence-corrected chi connectivity index (χ0v) is 7.36. The third kappa shape index (κ3) is 1.66. The molecule has 1 aliphatic heterocycles. The molecule has 2 atom stereocenters. The van der Waals surface area contributed by atoms with Crippen LogP contribution >= 0.6 is 11.6 Å². The van der Waals surface area contributed by atoms with Crippen LogP contribution in [0.1, 0.15) is 11.7 Å². The Morgan fingerprint density at radius 3 is 2.46 bits per heavy atom. The van der Waals surface area contributed by atoms with Crippen LogP contribution in [-0.4, -0.2) is 17.2 Å². The summed E-state index contributed by atoms with van der Waals surface area (Å²) in [7, 11) is 0. The van der Waals surface area contributed by atoms with E-state index in [1.807, 2.05) is 0 Å². The molecule has 68 valence electrons. The molecular formula is C9H7ClO3. The number of carboxylic acid groups (broad SMARTS) is 1. The maximum atomic E-state index is 10.5. The van der Waals surface area contributed by atoms with Gasteiger partial charge in [0, 0.05) is 5.02 Å². The molecule has 1 N–H and O–H groups in total. The molecular weight excluding hydrogens is 192 g/mol. The number of hydrogen-bond donors (Lipinski definition) is 1. The van der Waals surface area contributed by atoms with Crippen molar-refractivity contribution >= 4 is 17.6 Å². The number of carbonyl (C=O) groups is 1. The van der Waals surface area contributed by atoms with Crippen molar-refractivity contribution in [3.8, 4) is 0 Å². The molecule has 1 aliphatic rings. The Kier molecular flexibility index (Phi) is 1.98. The highest BCUT2D eigenvalue weighted by atomic mass is 35.5. The summed E-state index contributed by atoms with van der Waals surface area (Å²) < 4.78 is 4.96. The number of benzene rings is 1. The molecule has 0 spiro atoms. The Balaban J connectivity index is 2.12. The third-order valence-corrected chi connectivity index (χ3v) is 2.19. The van der Waals surface area contributed by atoms with Crippen LogP contribution in [0.25, 0.3) is 0 Å². The summed E-state index contributed by atoms with van der Waals surface area (Å²) in [6.45, 7) is 0. The number of carboxylic acids is 1. The smallest absolute Gasteiger partial charge is 0.335 e. The van der Waals surface area contributed by atoms with Crippen molar-refractivity contribution in [3.63, 3.8) is 0 Å². The van der Waals surface area contributed by atoms with Gasteiger partial charge in [0.15, 0.2) is 6.10 Å². The highest BCUT2D eigenvalue weighted by Crippen LogP contribution is 2.38. The Morgan fingerprint density at radius 1 is 1.38 bits per heavy atom. The molecule has 1 fully saturated rings. The fraction of sp³-hybridized carbons (Fsp3) is 0.222. The first-order chi connectivity index (χ1) is 6.18. The van der Waals surface area contributed by atoms with Gasteiger partial charge in [-0.1, -0.05) is 23.7 Å². The number of epoxide rings is 1. The van der Waals surface area contributed by atoms with E-state index in [1.54, 1.807) is 24.3 Å². The van der Waals surface area contributed by atoms with E-state index in [1.165, 1.54) is 0 Å². The quantitative estimate of drug-likeness (QED) is 0.738. The van der Waals surface area contributed by atoms with Gasteiger partial charge in [0.2, 0.25) is 0 Å². The third-order valence-electron chi connectivity index (χ3n) is 1.93. The minimum Gasteiger partial charge on any atom is -0.479 e. The maximum absolute atomic E-state index is 10.5. The van der Waals surface area contributed by atoms with E-state index in [-0.39, 0.29) is 6.10 Å². The molecule has 0 aromatic heterocycles. The number of halogens is 1. The van der Waals surface area contributed by atoms with Crippen LogP contribution in [0.2, 0.25) is 5.02 Å². The molecule has 1 aromatic carbocycles. The van der Waals surface area contributed by atoms with Crippen LogP contribution in [-0.2, 0) is 9.53 Å². The van der Waals surface area contributed by atoms with Crippen molar-refractivity contribution in [2.75, 3.05) is 0 Å². The van der Waals surface area contributed by atoms with Gasteiger partial charge in [-0.05, 0) is 17.7 Å². The Hall–Kier alpha value is -1.06. The highest BCUT2D eigenvalue weighted by Gasteiger charge is 2.46. The first-order valence-corrected chi connectivity index (χ1v) is 4.20. The van der Waals surface area contributed by atoms with Gasteiger partial charge < -0.3 is 9.84 Å². The van der Waals surface area contributed by atoms with Gasteiger partial charge in [-0.2, -0.15) is 0 Å². The summed E-state index contributed by atoms with van der Waals surface area (Å²) in [4.78, 5) is 10.5. The van der Waals surface area contributed by atoms with Crippen LogP contribution in [0.15, 0.2) is 24.3 Å². The van der Waals surface area contributed by atoms with E-state index >= 15 is 0 Å². The number of rotatable bonds is 2. The second-order valence-corrected chi connectivity index (χ2v) is 3.30. The van der Waals surface area contributed by atoms with Crippen molar-refractivity contribution in [3.05, 3.63) is 34.9 Å². The monoisotopic (exact) mass is 198 g/mol. The van der Waals surface area contributed by atoms with Crippen molar-refractivity contribution in [1.29, 1.82) is 0 Å². The molecule has 2 unspecified atom stereocenters. The van der Waals surface area contributed by atoms with Crippen molar-refractivity contribution in [1.82, 2.24) is 0 Å². The second kappa shape index (κ2) is 3.01. The van der Waals surface area contributed by atoms with Crippen molar-refractivity contribution < 1.29 is 14.6 Å². The summed E-state index contributed by atoms with van der Waals surface area (Å²) in [6, 6.07) is 6.99. The fourth-order valence-electron chi connectivity index (χ4n) is 1.21.